The third-order valence-electron chi connectivity index (χ3n) is 5.29. The van der Waals surface area contributed by atoms with Crippen molar-refractivity contribution < 1.29 is 27.4 Å². The SMILES string of the molecule is CCCCCCC(C(=O)Nc1c(OC)cc(OC)cc1OC)S(=O)(=O)CCCCCC. The Bertz CT molecular complexity index is 753. The number of carbonyl (C=O) groups is 1. The highest BCUT2D eigenvalue weighted by Gasteiger charge is 2.33. The first kappa shape index (κ1) is 27.1. The van der Waals surface area contributed by atoms with E-state index in [2.05, 4.69) is 19.2 Å². The van der Waals surface area contributed by atoms with Gasteiger partial charge < -0.3 is 19.5 Å². The van der Waals surface area contributed by atoms with Crippen LogP contribution in [0.25, 0.3) is 0 Å². The topological polar surface area (TPSA) is 90.9 Å². The number of methoxy groups -OCH3 is 3. The van der Waals surface area contributed by atoms with E-state index in [0.717, 1.165) is 38.5 Å². The zero-order valence-corrected chi connectivity index (χ0v) is 20.5. The quantitative estimate of drug-likeness (QED) is 0.352. The standard InChI is InChI=1S/C23H39NO6S/c1-6-8-10-12-14-21(31(26,27)15-13-11-9-7-2)23(25)24-22-19(29-4)16-18(28-3)17-20(22)30-5/h16-17,21H,6-15H2,1-5H3,(H,24,25). The summed E-state index contributed by atoms with van der Waals surface area (Å²) in [6, 6.07) is 3.24. The van der Waals surface area contributed by atoms with Gasteiger partial charge in [0.05, 0.1) is 27.1 Å². The van der Waals surface area contributed by atoms with Crippen LogP contribution in [0, 0.1) is 0 Å². The summed E-state index contributed by atoms with van der Waals surface area (Å²) < 4.78 is 42.1. The predicted molar refractivity (Wildman–Crippen MR) is 125 cm³/mol. The Morgan fingerprint density at radius 3 is 1.90 bits per heavy atom. The van der Waals surface area contributed by atoms with E-state index in [1.807, 2.05) is 0 Å². The fourth-order valence-corrected chi connectivity index (χ4v) is 5.24. The highest BCUT2D eigenvalue weighted by Crippen LogP contribution is 2.39. The molecule has 8 heteroatoms. The number of nitrogens with one attached hydrogen (secondary N) is 1. The maximum Gasteiger partial charge on any atom is 0.242 e. The number of carbonyl (C=O) groups excluding carboxylic acids is 1. The third kappa shape index (κ3) is 8.59. The Hall–Kier alpha value is -1.96. The van der Waals surface area contributed by atoms with Crippen LogP contribution in [-0.2, 0) is 14.6 Å². The summed E-state index contributed by atoms with van der Waals surface area (Å²) in [5.74, 6) is 0.666. The summed E-state index contributed by atoms with van der Waals surface area (Å²) in [6.45, 7) is 4.17. The number of unbranched alkanes of at least 4 members (excludes halogenated alkanes) is 6. The fourth-order valence-electron chi connectivity index (χ4n) is 3.44. The van der Waals surface area contributed by atoms with Crippen molar-refractivity contribution in [3.05, 3.63) is 12.1 Å². The average Bonchev–Trinajstić information content (AvgIpc) is 2.76. The lowest BCUT2D eigenvalue weighted by atomic mass is 10.1. The number of sulfone groups is 1. The van der Waals surface area contributed by atoms with Crippen molar-refractivity contribution in [1.82, 2.24) is 0 Å². The first-order valence-corrected chi connectivity index (χ1v) is 12.9. The van der Waals surface area contributed by atoms with Crippen LogP contribution in [-0.4, -0.2) is 46.7 Å². The van der Waals surface area contributed by atoms with Crippen molar-refractivity contribution in [1.29, 1.82) is 0 Å². The molecule has 0 fully saturated rings. The van der Waals surface area contributed by atoms with Gasteiger partial charge in [-0.05, 0) is 12.8 Å². The summed E-state index contributed by atoms with van der Waals surface area (Å²) in [7, 11) is 0.876. The van der Waals surface area contributed by atoms with Crippen molar-refractivity contribution in [3.8, 4) is 17.2 Å². The molecule has 0 radical (unpaired) electrons. The Kier molecular flexibility index (Phi) is 12.4. The predicted octanol–water partition coefficient (Wildman–Crippen LogP) is 4.99. The zero-order valence-electron chi connectivity index (χ0n) is 19.7. The normalized spacial score (nSPS) is 12.3. The molecular formula is C23H39NO6S. The summed E-state index contributed by atoms with van der Waals surface area (Å²) >= 11 is 0. The van der Waals surface area contributed by atoms with E-state index in [4.69, 9.17) is 14.2 Å². The van der Waals surface area contributed by atoms with Gasteiger partial charge in [0.25, 0.3) is 0 Å². The number of hydrogen-bond donors (Lipinski definition) is 1. The van der Waals surface area contributed by atoms with Crippen molar-refractivity contribution in [2.75, 3.05) is 32.4 Å². The van der Waals surface area contributed by atoms with E-state index in [-0.39, 0.29) is 5.75 Å². The van der Waals surface area contributed by atoms with Crippen LogP contribution >= 0.6 is 0 Å². The molecule has 1 N–H and O–H groups in total. The average molecular weight is 458 g/mol. The molecule has 1 rings (SSSR count). The second-order valence-electron chi connectivity index (χ2n) is 7.66. The second kappa shape index (κ2) is 14.2. The molecule has 7 nitrogen and oxygen atoms in total. The van der Waals surface area contributed by atoms with Gasteiger partial charge in [-0.15, -0.1) is 0 Å². The number of amides is 1. The fraction of sp³-hybridized carbons (Fsp3) is 0.696. The molecule has 1 atom stereocenters. The lowest BCUT2D eigenvalue weighted by molar-refractivity contribution is -0.116. The minimum atomic E-state index is -3.58. The van der Waals surface area contributed by atoms with Gasteiger partial charge >= 0.3 is 0 Å². The molecule has 0 spiro atoms. The van der Waals surface area contributed by atoms with Crippen LogP contribution < -0.4 is 19.5 Å². The monoisotopic (exact) mass is 457 g/mol. The minimum Gasteiger partial charge on any atom is -0.496 e. The molecule has 0 aliphatic heterocycles. The molecule has 0 saturated carbocycles. The van der Waals surface area contributed by atoms with Gasteiger partial charge in [-0.1, -0.05) is 58.8 Å². The van der Waals surface area contributed by atoms with Crippen LogP contribution in [0.5, 0.6) is 17.2 Å². The van der Waals surface area contributed by atoms with E-state index in [1.165, 1.54) is 21.3 Å². The van der Waals surface area contributed by atoms with Crippen molar-refractivity contribution >= 4 is 21.4 Å². The smallest absolute Gasteiger partial charge is 0.242 e. The lowest BCUT2D eigenvalue weighted by Crippen LogP contribution is -2.37. The summed E-state index contributed by atoms with van der Waals surface area (Å²) in [5, 5.41) is 1.66. The van der Waals surface area contributed by atoms with Gasteiger partial charge in [0.2, 0.25) is 5.91 Å². The highest BCUT2D eigenvalue weighted by molar-refractivity contribution is 7.92. The van der Waals surface area contributed by atoms with Crippen LogP contribution in [0.3, 0.4) is 0 Å². The van der Waals surface area contributed by atoms with Crippen LogP contribution in [0.15, 0.2) is 12.1 Å². The van der Waals surface area contributed by atoms with E-state index < -0.39 is 21.0 Å². The second-order valence-corrected chi connectivity index (χ2v) is 9.96. The maximum atomic E-state index is 13.2. The number of anilines is 1. The molecule has 178 valence electrons. The van der Waals surface area contributed by atoms with E-state index in [9.17, 15) is 13.2 Å². The Morgan fingerprint density at radius 1 is 0.871 bits per heavy atom. The van der Waals surface area contributed by atoms with Crippen LogP contribution in [0.1, 0.15) is 71.6 Å². The van der Waals surface area contributed by atoms with E-state index in [0.29, 0.717) is 42.2 Å². The van der Waals surface area contributed by atoms with Crippen molar-refractivity contribution in [2.24, 2.45) is 0 Å². The number of benzene rings is 1. The third-order valence-corrected chi connectivity index (χ3v) is 7.47. The highest BCUT2D eigenvalue weighted by atomic mass is 32.2. The molecule has 1 aromatic rings. The van der Waals surface area contributed by atoms with Gasteiger partial charge in [-0.2, -0.15) is 0 Å². The molecule has 0 aliphatic carbocycles. The van der Waals surface area contributed by atoms with Gasteiger partial charge in [-0.25, -0.2) is 8.42 Å². The minimum absolute atomic E-state index is 0.0236. The maximum absolute atomic E-state index is 13.2. The first-order valence-electron chi connectivity index (χ1n) is 11.2. The van der Waals surface area contributed by atoms with Gasteiger partial charge in [0.1, 0.15) is 28.2 Å². The van der Waals surface area contributed by atoms with Gasteiger partial charge in [-0.3, -0.25) is 4.79 Å². The number of hydrogen-bond acceptors (Lipinski definition) is 6. The molecule has 0 bridgehead atoms. The molecule has 0 aromatic heterocycles. The Balaban J connectivity index is 3.11. The molecule has 0 heterocycles. The molecule has 1 aromatic carbocycles. The molecule has 0 aliphatic rings. The zero-order chi connectivity index (χ0) is 23.3. The Morgan fingerprint density at radius 2 is 1.42 bits per heavy atom. The van der Waals surface area contributed by atoms with E-state index >= 15 is 0 Å². The summed E-state index contributed by atoms with van der Waals surface area (Å²) in [4.78, 5) is 13.2. The van der Waals surface area contributed by atoms with Crippen molar-refractivity contribution in [3.63, 3.8) is 0 Å². The number of rotatable bonds is 16. The molecule has 31 heavy (non-hydrogen) atoms. The van der Waals surface area contributed by atoms with Gasteiger partial charge in [0, 0.05) is 12.1 Å². The molecule has 0 saturated heterocycles. The number of ether oxygens (including phenoxy) is 3. The summed E-state index contributed by atoms with van der Waals surface area (Å²) in [6.07, 6.45) is 7.40. The van der Waals surface area contributed by atoms with Crippen LogP contribution in [0.4, 0.5) is 5.69 Å². The largest absolute Gasteiger partial charge is 0.496 e. The van der Waals surface area contributed by atoms with E-state index in [1.54, 1.807) is 12.1 Å². The van der Waals surface area contributed by atoms with Crippen LogP contribution in [0.2, 0.25) is 0 Å². The first-order chi connectivity index (χ1) is 14.8. The molecular weight excluding hydrogens is 418 g/mol. The summed E-state index contributed by atoms with van der Waals surface area (Å²) in [5.41, 5.74) is 0.301. The lowest BCUT2D eigenvalue weighted by Gasteiger charge is -2.20. The Labute approximate surface area is 187 Å². The van der Waals surface area contributed by atoms with Crippen molar-refractivity contribution in [2.45, 2.75) is 76.9 Å². The molecule has 1 amide bonds. The van der Waals surface area contributed by atoms with Gasteiger partial charge in [0.15, 0.2) is 9.84 Å². The molecule has 1 unspecified atom stereocenters.